The molecule has 13 nitrogen and oxygen atoms in total. The third-order valence-corrected chi connectivity index (χ3v) is 6.36. The molecule has 0 fully saturated rings. The lowest BCUT2D eigenvalue weighted by atomic mass is 9.92. The van der Waals surface area contributed by atoms with Crippen LogP contribution >= 0.6 is 0 Å². The van der Waals surface area contributed by atoms with Gasteiger partial charge in [0, 0.05) is 17.7 Å². The zero-order valence-corrected chi connectivity index (χ0v) is 19.9. The van der Waals surface area contributed by atoms with Crippen molar-refractivity contribution in [1.82, 2.24) is 0 Å². The van der Waals surface area contributed by atoms with E-state index in [1.54, 1.807) is 0 Å². The Balaban J connectivity index is 1.46. The van der Waals surface area contributed by atoms with Gasteiger partial charge in [0.1, 0.15) is 22.8 Å². The first-order chi connectivity index (χ1) is 17.9. The molecule has 3 aromatic carbocycles. The van der Waals surface area contributed by atoms with Crippen LogP contribution in [-0.2, 0) is 10.4 Å². The van der Waals surface area contributed by atoms with Crippen molar-refractivity contribution in [1.29, 1.82) is 0 Å². The van der Waals surface area contributed by atoms with E-state index < -0.39 is 64.5 Å². The fourth-order valence-electron chi connectivity index (χ4n) is 4.30. The molecular weight excluding hydrogens is 528 g/mol. The largest absolute Gasteiger partial charge is 0.508 e. The van der Waals surface area contributed by atoms with Crippen LogP contribution in [-0.4, -0.2) is 63.1 Å². The lowest BCUT2D eigenvalue weighted by Gasteiger charge is -2.35. The predicted molar refractivity (Wildman–Crippen MR) is 125 cm³/mol. The van der Waals surface area contributed by atoms with E-state index in [-0.39, 0.29) is 39.7 Å². The Morgan fingerprint density at radius 3 is 2.18 bits per heavy atom. The second-order valence-electron chi connectivity index (χ2n) is 8.51. The first-order valence-electron chi connectivity index (χ1n) is 11.0. The summed E-state index contributed by atoms with van der Waals surface area (Å²) in [5.74, 6) is -2.67. The van der Waals surface area contributed by atoms with E-state index >= 15 is 0 Å². The van der Waals surface area contributed by atoms with Gasteiger partial charge in [0.05, 0.1) is 6.61 Å². The second-order valence-corrected chi connectivity index (χ2v) is 9.53. The van der Waals surface area contributed by atoms with Crippen molar-refractivity contribution in [2.24, 2.45) is 0 Å². The average molecular weight is 548 g/mol. The molecule has 0 amide bonds. The number of Topliss-reactive ketones (excluding diaryl/α,β-unsaturated/α-hetero) is 1. The van der Waals surface area contributed by atoms with Gasteiger partial charge < -0.3 is 43.9 Å². The number of hydrogen-bond acceptors (Lipinski definition) is 12. The summed E-state index contributed by atoms with van der Waals surface area (Å²) in [7, 11) is -4.88. The van der Waals surface area contributed by atoms with Gasteiger partial charge in [-0.1, -0.05) is 12.1 Å². The summed E-state index contributed by atoms with van der Waals surface area (Å²) in [6.07, 6.45) is -4.90. The maximum atomic E-state index is 12.7. The van der Waals surface area contributed by atoms with Crippen LogP contribution in [0, 0.1) is 0 Å². The quantitative estimate of drug-likeness (QED) is 0.250. The molecule has 0 aromatic heterocycles. The Bertz CT molecular complexity index is 1530. The molecule has 0 bridgehead atoms. The zero-order valence-electron chi connectivity index (χ0n) is 19.1. The van der Waals surface area contributed by atoms with Gasteiger partial charge in [-0.05, 0) is 29.8 Å². The number of ketones is 1. The van der Waals surface area contributed by atoms with E-state index in [1.807, 2.05) is 0 Å². The molecule has 0 spiro atoms. The molecule has 2 aliphatic heterocycles. The first kappa shape index (κ1) is 25.4. The number of benzene rings is 3. The van der Waals surface area contributed by atoms with Gasteiger partial charge in [0.2, 0.25) is 5.78 Å². The van der Waals surface area contributed by atoms with Crippen LogP contribution in [0.3, 0.4) is 0 Å². The molecule has 2 heterocycles. The summed E-state index contributed by atoms with van der Waals surface area (Å²) >= 11 is 0. The average Bonchev–Trinajstić information content (AvgIpc) is 2.85. The Morgan fingerprint density at radius 1 is 0.816 bits per heavy atom. The number of rotatable bonds is 5. The van der Waals surface area contributed by atoms with Gasteiger partial charge in [0.25, 0.3) is 0 Å². The molecule has 14 heteroatoms. The topological polar surface area (TPSA) is 210 Å². The molecule has 38 heavy (non-hydrogen) atoms. The number of carbonyl (C=O) groups is 1. The van der Waals surface area contributed by atoms with Gasteiger partial charge in [-0.3, -0.25) is 9.35 Å². The minimum Gasteiger partial charge on any atom is -0.508 e. The number of fused-ring (bicyclic) bond motifs is 2. The summed E-state index contributed by atoms with van der Waals surface area (Å²) < 4.78 is 52.6. The van der Waals surface area contributed by atoms with E-state index in [4.69, 9.17) is 18.8 Å². The Morgan fingerprint density at radius 2 is 1.50 bits per heavy atom. The van der Waals surface area contributed by atoms with E-state index in [0.717, 1.165) is 24.3 Å². The van der Waals surface area contributed by atoms with Crippen LogP contribution in [0.15, 0.2) is 48.5 Å². The minimum atomic E-state index is -4.88. The van der Waals surface area contributed by atoms with Gasteiger partial charge >= 0.3 is 10.4 Å². The SMILES string of the molecule is O=C1c2c(O)cc(O)cc2OC(c2ccc3c(c2)OC(c2ccc(OS(=O)(=O)O)c(O)c2)C(CO)O3)C1O. The number of phenols is 3. The monoisotopic (exact) mass is 548 g/mol. The minimum absolute atomic E-state index is 0.126. The normalized spacial score (nSPS) is 22.3. The van der Waals surface area contributed by atoms with Crippen LogP contribution in [0.1, 0.15) is 33.7 Å². The van der Waals surface area contributed by atoms with Crippen molar-refractivity contribution in [2.45, 2.75) is 24.4 Å². The summed E-state index contributed by atoms with van der Waals surface area (Å²) in [5.41, 5.74) is 0.267. The van der Waals surface area contributed by atoms with Crippen molar-refractivity contribution in [3.8, 4) is 40.2 Å². The molecule has 4 atom stereocenters. The number of ether oxygens (including phenoxy) is 3. The first-order valence-corrected chi connectivity index (χ1v) is 12.3. The van der Waals surface area contributed by atoms with Crippen molar-refractivity contribution in [3.05, 3.63) is 65.2 Å². The van der Waals surface area contributed by atoms with Gasteiger partial charge in [-0.25, -0.2) is 0 Å². The highest BCUT2D eigenvalue weighted by molar-refractivity contribution is 7.81. The van der Waals surface area contributed by atoms with Gasteiger partial charge in [-0.2, -0.15) is 8.42 Å². The second kappa shape index (κ2) is 9.25. The molecule has 0 radical (unpaired) electrons. The number of aliphatic hydroxyl groups is 2. The molecule has 2 aliphatic rings. The maximum absolute atomic E-state index is 12.7. The smallest absolute Gasteiger partial charge is 0.446 e. The van der Waals surface area contributed by atoms with Crippen molar-refractivity contribution < 1.29 is 61.7 Å². The molecule has 0 aliphatic carbocycles. The third kappa shape index (κ3) is 4.61. The molecule has 6 N–H and O–H groups in total. The van der Waals surface area contributed by atoms with Crippen molar-refractivity contribution >= 4 is 16.2 Å². The fourth-order valence-corrected chi connectivity index (χ4v) is 4.67. The summed E-state index contributed by atoms with van der Waals surface area (Å²) in [6.45, 7) is -0.501. The summed E-state index contributed by atoms with van der Waals surface area (Å²) in [6, 6.07) is 9.99. The molecular formula is C24H20O13S. The van der Waals surface area contributed by atoms with Crippen LogP contribution in [0.4, 0.5) is 0 Å². The van der Waals surface area contributed by atoms with Crippen LogP contribution < -0.4 is 18.4 Å². The van der Waals surface area contributed by atoms with Gasteiger partial charge in [0.15, 0.2) is 47.4 Å². The lowest BCUT2D eigenvalue weighted by molar-refractivity contribution is -0.0130. The van der Waals surface area contributed by atoms with E-state index in [1.165, 1.54) is 24.3 Å². The Kier molecular flexibility index (Phi) is 6.19. The van der Waals surface area contributed by atoms with Crippen LogP contribution in [0.2, 0.25) is 0 Å². The highest BCUT2D eigenvalue weighted by Gasteiger charge is 2.40. The number of aliphatic hydroxyl groups excluding tert-OH is 2. The number of hydrogen-bond donors (Lipinski definition) is 6. The highest BCUT2D eigenvalue weighted by atomic mass is 32.3. The molecule has 0 saturated carbocycles. The lowest BCUT2D eigenvalue weighted by Crippen LogP contribution is -2.37. The zero-order chi connectivity index (χ0) is 27.4. The fraction of sp³-hybridized carbons (Fsp3) is 0.208. The Hall–Kier alpha value is -4.24. The van der Waals surface area contributed by atoms with E-state index in [0.29, 0.717) is 0 Å². The molecule has 4 unspecified atom stereocenters. The summed E-state index contributed by atoms with van der Waals surface area (Å²) in [4.78, 5) is 12.7. The molecule has 200 valence electrons. The van der Waals surface area contributed by atoms with Gasteiger partial charge in [-0.15, -0.1) is 0 Å². The van der Waals surface area contributed by atoms with E-state index in [9.17, 15) is 38.7 Å². The van der Waals surface area contributed by atoms with Crippen LogP contribution in [0.5, 0.6) is 40.2 Å². The standard InChI is InChI=1S/C24H20O13S/c25-9-19-23(10-1-3-15(13(27)5-10)37-38(31,32)33)35-17-6-11(2-4-16(17)34-19)24-22(30)21(29)20-14(28)7-12(26)8-18(20)36-24/h1-8,19,22-28,30H,9H2,(H,31,32,33). The number of carbonyl (C=O) groups excluding carboxylic acids is 1. The highest BCUT2D eigenvalue weighted by Crippen LogP contribution is 2.46. The number of phenolic OH excluding ortho intramolecular Hbond substituents is 3. The summed E-state index contributed by atoms with van der Waals surface area (Å²) in [5, 5.41) is 50.4. The maximum Gasteiger partial charge on any atom is 0.446 e. The molecule has 5 rings (SSSR count). The van der Waals surface area contributed by atoms with E-state index in [2.05, 4.69) is 4.18 Å². The van der Waals surface area contributed by atoms with Crippen LogP contribution in [0.25, 0.3) is 0 Å². The number of aromatic hydroxyl groups is 3. The van der Waals surface area contributed by atoms with Crippen molar-refractivity contribution in [2.75, 3.05) is 6.61 Å². The van der Waals surface area contributed by atoms with Crippen molar-refractivity contribution in [3.63, 3.8) is 0 Å². The third-order valence-electron chi connectivity index (χ3n) is 5.97. The Labute approximate surface area is 214 Å². The molecule has 3 aromatic rings. The molecule has 0 saturated heterocycles. The predicted octanol–water partition coefficient (Wildman–Crippen LogP) is 1.54.